The molecule has 0 N–H and O–H groups in total. The molecule has 2 aromatic carbocycles. The summed E-state index contributed by atoms with van der Waals surface area (Å²) in [7, 11) is 1.62. The Hall–Kier alpha value is -2.99. The predicted molar refractivity (Wildman–Crippen MR) is 99.1 cm³/mol. The third-order valence-electron chi connectivity index (χ3n) is 3.98. The van der Waals surface area contributed by atoms with E-state index in [1.54, 1.807) is 11.5 Å². The van der Waals surface area contributed by atoms with E-state index in [-0.39, 0.29) is 5.56 Å². The monoisotopic (exact) mass is 349 g/mol. The van der Waals surface area contributed by atoms with Crippen LogP contribution in [0.15, 0.2) is 53.3 Å². The summed E-state index contributed by atoms with van der Waals surface area (Å²) in [4.78, 5) is 13.5. The average molecular weight is 349 g/mol. The number of rotatable bonds is 3. The second-order valence-corrected chi connectivity index (χ2v) is 6.67. The van der Waals surface area contributed by atoms with Crippen LogP contribution in [0.1, 0.15) is 11.1 Å². The quantitative estimate of drug-likeness (QED) is 0.571. The highest BCUT2D eigenvalue weighted by Gasteiger charge is 2.14. The third kappa shape index (κ3) is 2.70. The van der Waals surface area contributed by atoms with Gasteiger partial charge in [-0.05, 0) is 19.1 Å². The minimum Gasteiger partial charge on any atom is -0.496 e. The SMILES string of the molecule is COc1ccccc1/C=c1\sc2nnc(-c3ccc(C)cc3)n2c1=O. The number of methoxy groups -OCH3 is 1. The summed E-state index contributed by atoms with van der Waals surface area (Å²) < 4.78 is 7.52. The second-order valence-electron chi connectivity index (χ2n) is 5.67. The number of benzene rings is 2. The molecule has 0 aliphatic carbocycles. The molecule has 0 radical (unpaired) electrons. The van der Waals surface area contributed by atoms with E-state index < -0.39 is 0 Å². The molecule has 2 aromatic heterocycles. The average Bonchev–Trinajstić information content (AvgIpc) is 3.17. The topological polar surface area (TPSA) is 56.5 Å². The predicted octanol–water partition coefficient (Wildman–Crippen LogP) is 2.68. The number of hydrogen-bond donors (Lipinski definition) is 0. The first-order valence-corrected chi connectivity index (χ1v) is 8.59. The van der Waals surface area contributed by atoms with E-state index in [9.17, 15) is 4.79 Å². The van der Waals surface area contributed by atoms with Gasteiger partial charge in [-0.15, -0.1) is 10.2 Å². The van der Waals surface area contributed by atoms with Gasteiger partial charge in [0, 0.05) is 11.1 Å². The van der Waals surface area contributed by atoms with E-state index in [4.69, 9.17) is 4.74 Å². The van der Waals surface area contributed by atoms with Gasteiger partial charge in [-0.25, -0.2) is 4.40 Å². The Kier molecular flexibility index (Phi) is 3.82. The zero-order valence-corrected chi connectivity index (χ0v) is 14.6. The molecule has 5 nitrogen and oxygen atoms in total. The number of aromatic nitrogens is 3. The maximum Gasteiger partial charge on any atom is 0.276 e. The van der Waals surface area contributed by atoms with Crippen LogP contribution in [0.5, 0.6) is 5.75 Å². The van der Waals surface area contributed by atoms with Crippen LogP contribution in [0.2, 0.25) is 0 Å². The number of fused-ring (bicyclic) bond motifs is 1. The van der Waals surface area contributed by atoms with Crippen molar-refractivity contribution in [2.45, 2.75) is 6.92 Å². The smallest absolute Gasteiger partial charge is 0.276 e. The van der Waals surface area contributed by atoms with Gasteiger partial charge in [0.25, 0.3) is 5.56 Å². The van der Waals surface area contributed by atoms with Gasteiger partial charge in [0.1, 0.15) is 5.75 Å². The van der Waals surface area contributed by atoms with Crippen molar-refractivity contribution in [1.29, 1.82) is 0 Å². The molecular weight excluding hydrogens is 334 g/mol. The Morgan fingerprint density at radius 1 is 1.08 bits per heavy atom. The highest BCUT2D eigenvalue weighted by molar-refractivity contribution is 7.15. The second kappa shape index (κ2) is 6.14. The van der Waals surface area contributed by atoms with Gasteiger partial charge in [0.2, 0.25) is 4.96 Å². The first kappa shape index (κ1) is 15.5. The number of hydrogen-bond acceptors (Lipinski definition) is 5. The summed E-state index contributed by atoms with van der Waals surface area (Å²) >= 11 is 1.32. The van der Waals surface area contributed by atoms with E-state index in [1.807, 2.05) is 61.5 Å². The molecule has 4 rings (SSSR count). The largest absolute Gasteiger partial charge is 0.496 e. The van der Waals surface area contributed by atoms with Crippen LogP contribution < -0.4 is 14.8 Å². The molecule has 0 fully saturated rings. The van der Waals surface area contributed by atoms with E-state index in [0.29, 0.717) is 15.3 Å². The first-order valence-electron chi connectivity index (χ1n) is 7.77. The molecule has 0 atom stereocenters. The van der Waals surface area contributed by atoms with Crippen molar-refractivity contribution in [2.75, 3.05) is 7.11 Å². The Morgan fingerprint density at radius 3 is 2.60 bits per heavy atom. The van der Waals surface area contributed by atoms with Crippen LogP contribution in [-0.4, -0.2) is 21.7 Å². The fourth-order valence-corrected chi connectivity index (χ4v) is 3.58. The Bertz CT molecular complexity index is 1160. The zero-order valence-electron chi connectivity index (χ0n) is 13.8. The summed E-state index contributed by atoms with van der Waals surface area (Å²) in [6.45, 7) is 2.02. The molecule has 0 bridgehead atoms. The molecule has 6 heteroatoms. The van der Waals surface area contributed by atoms with Crippen LogP contribution >= 0.6 is 11.3 Å². The molecule has 0 amide bonds. The van der Waals surface area contributed by atoms with Crippen molar-refractivity contribution >= 4 is 22.4 Å². The van der Waals surface area contributed by atoms with Crippen molar-refractivity contribution in [1.82, 2.24) is 14.6 Å². The summed E-state index contributed by atoms with van der Waals surface area (Å²) in [6.07, 6.45) is 1.83. The third-order valence-corrected chi connectivity index (χ3v) is 4.94. The molecule has 0 unspecified atom stereocenters. The maximum absolute atomic E-state index is 12.9. The number of para-hydroxylation sites is 1. The molecule has 0 spiro atoms. The number of ether oxygens (including phenoxy) is 1. The van der Waals surface area contributed by atoms with E-state index >= 15 is 0 Å². The number of nitrogens with zero attached hydrogens (tertiary/aromatic N) is 3. The van der Waals surface area contributed by atoms with Gasteiger partial charge < -0.3 is 4.74 Å². The standard InChI is InChI=1S/C19H15N3O2S/c1-12-7-9-13(10-8-12)17-20-21-19-22(17)18(23)16(25-19)11-14-5-3-4-6-15(14)24-2/h3-11H,1-2H3/b16-11-. The summed E-state index contributed by atoms with van der Waals surface area (Å²) in [5, 5.41) is 8.35. The minimum atomic E-state index is -0.119. The molecule has 0 saturated heterocycles. The van der Waals surface area contributed by atoms with Gasteiger partial charge in [-0.1, -0.05) is 59.4 Å². The lowest BCUT2D eigenvalue weighted by molar-refractivity contribution is 0.414. The molecule has 0 aliphatic rings. The van der Waals surface area contributed by atoms with Crippen LogP contribution in [0.3, 0.4) is 0 Å². The van der Waals surface area contributed by atoms with Crippen molar-refractivity contribution in [2.24, 2.45) is 0 Å². The molecule has 25 heavy (non-hydrogen) atoms. The fourth-order valence-electron chi connectivity index (χ4n) is 2.68. The van der Waals surface area contributed by atoms with Gasteiger partial charge in [0.05, 0.1) is 11.6 Å². The summed E-state index contributed by atoms with van der Waals surface area (Å²) in [5.74, 6) is 1.29. The molecule has 2 heterocycles. The van der Waals surface area contributed by atoms with E-state index in [1.165, 1.54) is 11.3 Å². The molecular formula is C19H15N3O2S. The van der Waals surface area contributed by atoms with Crippen molar-refractivity contribution < 1.29 is 4.74 Å². The van der Waals surface area contributed by atoms with Gasteiger partial charge >= 0.3 is 0 Å². The van der Waals surface area contributed by atoms with Crippen LogP contribution in [0.4, 0.5) is 0 Å². The Morgan fingerprint density at radius 2 is 1.84 bits per heavy atom. The molecule has 0 saturated carbocycles. The lowest BCUT2D eigenvalue weighted by Gasteiger charge is -2.02. The number of thiazole rings is 1. The van der Waals surface area contributed by atoms with Crippen LogP contribution in [0.25, 0.3) is 22.4 Å². The van der Waals surface area contributed by atoms with Crippen molar-refractivity contribution in [3.63, 3.8) is 0 Å². The van der Waals surface area contributed by atoms with Crippen LogP contribution in [0, 0.1) is 6.92 Å². The highest BCUT2D eigenvalue weighted by Crippen LogP contribution is 2.20. The van der Waals surface area contributed by atoms with Crippen molar-refractivity contribution in [3.8, 4) is 17.1 Å². The van der Waals surface area contributed by atoms with Crippen molar-refractivity contribution in [3.05, 3.63) is 74.5 Å². The molecule has 124 valence electrons. The Labute approximate surface area is 147 Å². The Balaban J connectivity index is 1.91. The van der Waals surface area contributed by atoms with E-state index in [2.05, 4.69) is 10.2 Å². The van der Waals surface area contributed by atoms with Crippen LogP contribution in [-0.2, 0) is 0 Å². The molecule has 0 aliphatic heterocycles. The van der Waals surface area contributed by atoms with Gasteiger partial charge in [-0.3, -0.25) is 4.79 Å². The van der Waals surface area contributed by atoms with Gasteiger partial charge in [0.15, 0.2) is 5.82 Å². The summed E-state index contributed by atoms with van der Waals surface area (Å²) in [5.41, 5.74) is 2.77. The number of aryl methyl sites for hydroxylation is 1. The molecule has 4 aromatic rings. The summed E-state index contributed by atoms with van der Waals surface area (Å²) in [6, 6.07) is 15.5. The van der Waals surface area contributed by atoms with Gasteiger partial charge in [-0.2, -0.15) is 0 Å². The zero-order chi connectivity index (χ0) is 17.4. The maximum atomic E-state index is 12.9. The lowest BCUT2D eigenvalue weighted by Crippen LogP contribution is -2.23. The first-order chi connectivity index (χ1) is 12.2. The normalized spacial score (nSPS) is 12.0. The minimum absolute atomic E-state index is 0.119. The highest BCUT2D eigenvalue weighted by atomic mass is 32.1. The van der Waals surface area contributed by atoms with E-state index in [0.717, 1.165) is 22.4 Å². The lowest BCUT2D eigenvalue weighted by atomic mass is 10.1. The fraction of sp³-hybridized carbons (Fsp3) is 0.105.